The van der Waals surface area contributed by atoms with Crippen LogP contribution in [0.2, 0.25) is 0 Å². The van der Waals surface area contributed by atoms with Crippen LogP contribution in [0, 0.1) is 0 Å². The second-order valence-electron chi connectivity index (χ2n) is 6.33. The van der Waals surface area contributed by atoms with Crippen molar-refractivity contribution in [3.8, 4) is 0 Å². The van der Waals surface area contributed by atoms with Crippen LogP contribution in [0.15, 0.2) is 28.7 Å². The van der Waals surface area contributed by atoms with Gasteiger partial charge in [0.25, 0.3) is 0 Å². The highest BCUT2D eigenvalue weighted by molar-refractivity contribution is 9.10. The topological polar surface area (TPSA) is 20.3 Å². The van der Waals surface area contributed by atoms with E-state index in [4.69, 9.17) is 0 Å². The summed E-state index contributed by atoms with van der Waals surface area (Å²) in [4.78, 5) is 15.3. The Balaban J connectivity index is 1.96. The molecule has 0 saturated carbocycles. The summed E-state index contributed by atoms with van der Waals surface area (Å²) in [5, 5.41) is 0. The summed E-state index contributed by atoms with van der Waals surface area (Å²) in [6.45, 7) is 4.41. The van der Waals surface area contributed by atoms with Crippen molar-refractivity contribution in [3.63, 3.8) is 0 Å². The molecule has 0 aromatic heterocycles. The van der Waals surface area contributed by atoms with E-state index in [0.717, 1.165) is 29.5 Å². The molecule has 1 aromatic carbocycles. The zero-order chi connectivity index (χ0) is 15.8. The largest absolute Gasteiger partial charge is 0.293 e. The normalized spacial score (nSPS) is 16.8. The van der Waals surface area contributed by atoms with Crippen molar-refractivity contribution in [2.45, 2.75) is 64.3 Å². The van der Waals surface area contributed by atoms with Crippen LogP contribution in [0.5, 0.6) is 0 Å². The molecular formula is C19H28BrNO. The van der Waals surface area contributed by atoms with Gasteiger partial charge in [0, 0.05) is 10.0 Å². The first kappa shape index (κ1) is 17.7. The molecule has 0 bridgehead atoms. The molecule has 1 heterocycles. The summed E-state index contributed by atoms with van der Waals surface area (Å²) < 4.78 is 1.03. The first-order chi connectivity index (χ1) is 10.7. The summed E-state index contributed by atoms with van der Waals surface area (Å²) in [6, 6.07) is 7.93. The van der Waals surface area contributed by atoms with Gasteiger partial charge in [-0.25, -0.2) is 0 Å². The average molecular weight is 366 g/mol. The maximum atomic E-state index is 12.9. The fourth-order valence-corrected chi connectivity index (χ4v) is 3.54. The molecule has 0 aliphatic carbocycles. The summed E-state index contributed by atoms with van der Waals surface area (Å²) in [7, 11) is 0. The zero-order valence-electron chi connectivity index (χ0n) is 13.7. The third-order valence-electron chi connectivity index (χ3n) is 4.59. The number of unbranched alkanes of at least 4 members (excludes halogenated alkanes) is 4. The second kappa shape index (κ2) is 9.46. The Bertz CT molecular complexity index is 451. The molecular weight excluding hydrogens is 338 g/mol. The Morgan fingerprint density at radius 1 is 1.09 bits per heavy atom. The predicted molar refractivity (Wildman–Crippen MR) is 96.4 cm³/mol. The molecule has 1 fully saturated rings. The van der Waals surface area contributed by atoms with E-state index in [1.54, 1.807) is 0 Å². The number of hydrogen-bond donors (Lipinski definition) is 0. The molecule has 1 aliphatic heterocycles. The molecule has 122 valence electrons. The molecule has 2 nitrogen and oxygen atoms in total. The number of nitrogens with zero attached hydrogens (tertiary/aromatic N) is 1. The molecule has 22 heavy (non-hydrogen) atoms. The Morgan fingerprint density at radius 2 is 1.73 bits per heavy atom. The molecule has 0 N–H and O–H groups in total. The molecule has 1 unspecified atom stereocenters. The summed E-state index contributed by atoms with van der Waals surface area (Å²) >= 11 is 3.44. The number of halogens is 1. The Kier molecular flexibility index (Phi) is 7.61. The van der Waals surface area contributed by atoms with Crippen LogP contribution >= 0.6 is 15.9 Å². The number of hydrogen-bond acceptors (Lipinski definition) is 2. The van der Waals surface area contributed by atoms with Crippen LogP contribution in [-0.4, -0.2) is 29.8 Å². The number of ketones is 1. The SMILES string of the molecule is CCCCCCCC(C(=O)c1ccc(Br)cc1)N1CCCC1. The molecule has 1 aliphatic rings. The van der Waals surface area contributed by atoms with Crippen molar-refractivity contribution in [2.75, 3.05) is 13.1 Å². The lowest BCUT2D eigenvalue weighted by Crippen LogP contribution is -2.39. The van der Waals surface area contributed by atoms with Gasteiger partial charge >= 0.3 is 0 Å². The first-order valence-electron chi connectivity index (χ1n) is 8.76. The fourth-order valence-electron chi connectivity index (χ4n) is 3.28. The van der Waals surface area contributed by atoms with E-state index < -0.39 is 0 Å². The van der Waals surface area contributed by atoms with Crippen molar-refractivity contribution in [1.82, 2.24) is 4.90 Å². The van der Waals surface area contributed by atoms with E-state index in [1.165, 1.54) is 44.9 Å². The number of carbonyl (C=O) groups is 1. The van der Waals surface area contributed by atoms with Crippen molar-refractivity contribution < 1.29 is 4.79 Å². The van der Waals surface area contributed by atoms with Crippen LogP contribution in [0.3, 0.4) is 0 Å². The average Bonchev–Trinajstić information content (AvgIpc) is 3.05. The summed E-state index contributed by atoms with van der Waals surface area (Å²) in [6.07, 6.45) is 9.80. The van der Waals surface area contributed by atoms with Crippen molar-refractivity contribution in [2.24, 2.45) is 0 Å². The van der Waals surface area contributed by atoms with E-state index in [1.807, 2.05) is 24.3 Å². The molecule has 0 spiro atoms. The minimum Gasteiger partial charge on any atom is -0.293 e. The van der Waals surface area contributed by atoms with Gasteiger partial charge in [0.15, 0.2) is 5.78 Å². The minimum atomic E-state index is 0.0882. The van der Waals surface area contributed by atoms with Crippen LogP contribution in [0.25, 0.3) is 0 Å². The molecule has 1 atom stereocenters. The van der Waals surface area contributed by atoms with E-state index >= 15 is 0 Å². The number of benzene rings is 1. The predicted octanol–water partition coefficient (Wildman–Crippen LogP) is 5.46. The third kappa shape index (κ3) is 5.20. The quantitative estimate of drug-likeness (QED) is 0.427. The highest BCUT2D eigenvalue weighted by atomic mass is 79.9. The monoisotopic (exact) mass is 365 g/mol. The highest BCUT2D eigenvalue weighted by Crippen LogP contribution is 2.22. The molecule has 1 aromatic rings. The smallest absolute Gasteiger partial charge is 0.179 e. The van der Waals surface area contributed by atoms with Gasteiger partial charge in [-0.3, -0.25) is 9.69 Å². The third-order valence-corrected chi connectivity index (χ3v) is 5.12. The van der Waals surface area contributed by atoms with Crippen LogP contribution < -0.4 is 0 Å². The van der Waals surface area contributed by atoms with Gasteiger partial charge in [0.1, 0.15) is 0 Å². The van der Waals surface area contributed by atoms with E-state index in [9.17, 15) is 4.79 Å². The second-order valence-corrected chi connectivity index (χ2v) is 7.25. The first-order valence-corrected chi connectivity index (χ1v) is 9.55. The van der Waals surface area contributed by atoms with Gasteiger partial charge in [0.05, 0.1) is 6.04 Å². The number of carbonyl (C=O) groups excluding carboxylic acids is 1. The van der Waals surface area contributed by atoms with Crippen molar-refractivity contribution >= 4 is 21.7 Å². The van der Waals surface area contributed by atoms with E-state index in [-0.39, 0.29) is 6.04 Å². The summed E-state index contributed by atoms with van der Waals surface area (Å²) in [5.41, 5.74) is 0.855. The van der Waals surface area contributed by atoms with Gasteiger partial charge < -0.3 is 0 Å². The van der Waals surface area contributed by atoms with Gasteiger partial charge in [-0.1, -0.05) is 67.1 Å². The van der Waals surface area contributed by atoms with Gasteiger partial charge in [-0.15, -0.1) is 0 Å². The Hall–Kier alpha value is -0.670. The molecule has 0 amide bonds. The fraction of sp³-hybridized carbons (Fsp3) is 0.632. The maximum Gasteiger partial charge on any atom is 0.179 e. The lowest BCUT2D eigenvalue weighted by molar-refractivity contribution is 0.0834. The Labute approximate surface area is 143 Å². The van der Waals surface area contributed by atoms with Gasteiger partial charge in [-0.05, 0) is 44.5 Å². The highest BCUT2D eigenvalue weighted by Gasteiger charge is 2.28. The van der Waals surface area contributed by atoms with E-state index in [2.05, 4.69) is 27.8 Å². The van der Waals surface area contributed by atoms with Gasteiger partial charge in [-0.2, -0.15) is 0 Å². The summed E-state index contributed by atoms with van der Waals surface area (Å²) in [5.74, 6) is 0.310. The van der Waals surface area contributed by atoms with Crippen molar-refractivity contribution in [3.05, 3.63) is 34.3 Å². The minimum absolute atomic E-state index is 0.0882. The number of rotatable bonds is 9. The molecule has 2 rings (SSSR count). The Morgan fingerprint density at radius 3 is 2.36 bits per heavy atom. The van der Waals surface area contributed by atoms with E-state index in [0.29, 0.717) is 5.78 Å². The number of likely N-dealkylation sites (tertiary alicyclic amines) is 1. The molecule has 3 heteroatoms. The molecule has 0 radical (unpaired) electrons. The van der Waals surface area contributed by atoms with Crippen molar-refractivity contribution in [1.29, 1.82) is 0 Å². The lowest BCUT2D eigenvalue weighted by atomic mass is 9.97. The van der Waals surface area contributed by atoms with Crippen LogP contribution in [-0.2, 0) is 0 Å². The maximum absolute atomic E-state index is 12.9. The zero-order valence-corrected chi connectivity index (χ0v) is 15.3. The lowest BCUT2D eigenvalue weighted by Gasteiger charge is -2.26. The van der Waals surface area contributed by atoms with Crippen LogP contribution in [0.1, 0.15) is 68.6 Å². The van der Waals surface area contributed by atoms with Gasteiger partial charge in [0.2, 0.25) is 0 Å². The standard InChI is InChI=1S/C19H28BrNO/c1-2-3-4-5-6-9-18(21-14-7-8-15-21)19(22)16-10-12-17(20)13-11-16/h10-13,18H,2-9,14-15H2,1H3. The molecule has 1 saturated heterocycles. The van der Waals surface area contributed by atoms with Crippen LogP contribution in [0.4, 0.5) is 0 Å². The number of Topliss-reactive ketones (excluding diaryl/α,β-unsaturated/α-hetero) is 1.